The molecule has 0 amide bonds. The van der Waals surface area contributed by atoms with Crippen molar-refractivity contribution in [2.75, 3.05) is 0 Å². The van der Waals surface area contributed by atoms with Gasteiger partial charge in [0.15, 0.2) is 0 Å². The Morgan fingerprint density at radius 3 is 2.21 bits per heavy atom. The van der Waals surface area contributed by atoms with Crippen LogP contribution in [-0.4, -0.2) is 13.0 Å². The van der Waals surface area contributed by atoms with Crippen molar-refractivity contribution < 1.29 is 13.0 Å². The molecule has 0 saturated carbocycles. The fourth-order valence-electron chi connectivity index (χ4n) is 3.66. The molecular formula is C24H40O3S. The maximum atomic E-state index is 11.7. The molecular weight excluding hydrogens is 368 g/mol. The van der Waals surface area contributed by atoms with E-state index in [-0.39, 0.29) is 0 Å². The highest BCUT2D eigenvalue weighted by Gasteiger charge is 2.24. The van der Waals surface area contributed by atoms with E-state index in [0.29, 0.717) is 12.0 Å². The molecule has 0 heterocycles. The van der Waals surface area contributed by atoms with Gasteiger partial charge in [0.25, 0.3) is 10.1 Å². The minimum atomic E-state index is -4.08. The molecule has 0 aliphatic carbocycles. The Kier molecular flexibility index (Phi) is 11.7. The van der Waals surface area contributed by atoms with Gasteiger partial charge in [0, 0.05) is 0 Å². The summed E-state index contributed by atoms with van der Waals surface area (Å²) in [5.41, 5.74) is 2.05. The molecule has 0 aliphatic rings. The van der Waals surface area contributed by atoms with E-state index >= 15 is 0 Å². The van der Waals surface area contributed by atoms with E-state index in [1.54, 1.807) is 24.3 Å². The van der Waals surface area contributed by atoms with E-state index in [9.17, 15) is 13.0 Å². The van der Waals surface area contributed by atoms with Crippen LogP contribution in [0.2, 0.25) is 0 Å². The molecule has 4 heteroatoms. The predicted octanol–water partition coefficient (Wildman–Crippen LogP) is 7.36. The normalized spacial score (nSPS) is 15.0. The third kappa shape index (κ3) is 11.0. The first kappa shape index (κ1) is 24.9. The Labute approximate surface area is 173 Å². The summed E-state index contributed by atoms with van der Waals surface area (Å²) >= 11 is 0. The van der Waals surface area contributed by atoms with Crippen molar-refractivity contribution in [1.82, 2.24) is 0 Å². The predicted molar refractivity (Wildman–Crippen MR) is 120 cm³/mol. The highest BCUT2D eigenvalue weighted by Crippen LogP contribution is 2.27. The fourth-order valence-corrected chi connectivity index (χ4v) is 4.62. The van der Waals surface area contributed by atoms with Crippen LogP contribution in [0.25, 0.3) is 0 Å². The molecule has 28 heavy (non-hydrogen) atoms. The Balaban J connectivity index is 2.31. The van der Waals surface area contributed by atoms with Gasteiger partial charge in [0.2, 0.25) is 0 Å². The molecule has 0 bridgehead atoms. The summed E-state index contributed by atoms with van der Waals surface area (Å²) in [4.78, 5) is 0. The first-order valence-corrected chi connectivity index (χ1v) is 12.4. The lowest BCUT2D eigenvalue weighted by Crippen LogP contribution is -2.12. The van der Waals surface area contributed by atoms with Crippen LogP contribution >= 0.6 is 0 Å². The van der Waals surface area contributed by atoms with Crippen LogP contribution in [0, 0.1) is 11.8 Å². The molecule has 3 nitrogen and oxygen atoms in total. The van der Waals surface area contributed by atoms with Crippen molar-refractivity contribution in [2.45, 2.75) is 90.7 Å². The molecule has 2 atom stereocenters. The van der Waals surface area contributed by atoms with Gasteiger partial charge in [-0.05, 0) is 56.4 Å². The number of unbranched alkanes of at least 4 members (excludes halogenated alkanes) is 1. The van der Waals surface area contributed by atoms with Crippen molar-refractivity contribution in [2.24, 2.45) is 11.8 Å². The Morgan fingerprint density at radius 2 is 1.61 bits per heavy atom. The van der Waals surface area contributed by atoms with Crippen LogP contribution in [0.5, 0.6) is 0 Å². The number of hydrogen-bond donors (Lipinski definition) is 1. The van der Waals surface area contributed by atoms with Crippen molar-refractivity contribution >= 4 is 10.1 Å². The summed E-state index contributed by atoms with van der Waals surface area (Å²) in [6.07, 6.45) is 11.9. The molecule has 0 aliphatic heterocycles. The molecule has 0 saturated heterocycles. The minimum Gasteiger partial charge on any atom is -0.285 e. The summed E-state index contributed by atoms with van der Waals surface area (Å²) in [7, 11) is -4.08. The van der Waals surface area contributed by atoms with Gasteiger partial charge in [-0.1, -0.05) is 88.4 Å². The third-order valence-corrected chi connectivity index (χ3v) is 6.67. The van der Waals surface area contributed by atoms with Crippen molar-refractivity contribution in [3.8, 4) is 0 Å². The van der Waals surface area contributed by atoms with Gasteiger partial charge in [-0.15, -0.1) is 0 Å². The van der Waals surface area contributed by atoms with Gasteiger partial charge in [-0.2, -0.15) is 8.42 Å². The van der Waals surface area contributed by atoms with E-state index in [0.717, 1.165) is 31.1 Å². The van der Waals surface area contributed by atoms with Gasteiger partial charge in [0.1, 0.15) is 5.25 Å². The summed E-state index contributed by atoms with van der Waals surface area (Å²) in [6.45, 7) is 9.10. The molecule has 1 aromatic carbocycles. The van der Waals surface area contributed by atoms with Gasteiger partial charge < -0.3 is 0 Å². The van der Waals surface area contributed by atoms with Crippen LogP contribution in [0.3, 0.4) is 0 Å². The first-order chi connectivity index (χ1) is 13.2. The molecule has 2 unspecified atom stereocenters. The van der Waals surface area contributed by atoms with Crippen molar-refractivity contribution in [3.05, 3.63) is 47.5 Å². The smallest absolute Gasteiger partial charge is 0.271 e. The average Bonchev–Trinajstić information content (AvgIpc) is 2.61. The van der Waals surface area contributed by atoms with Gasteiger partial charge in [0.05, 0.1) is 0 Å². The summed E-state index contributed by atoms with van der Waals surface area (Å²) in [5, 5.41) is -0.825. The molecule has 0 radical (unpaired) electrons. The van der Waals surface area contributed by atoms with E-state index in [4.69, 9.17) is 0 Å². The van der Waals surface area contributed by atoms with Gasteiger partial charge in [-0.25, -0.2) is 0 Å². The van der Waals surface area contributed by atoms with Crippen LogP contribution in [0.1, 0.15) is 96.3 Å². The Bertz CT molecular complexity index is 662. The topological polar surface area (TPSA) is 54.4 Å². The number of rotatable bonds is 14. The quantitative estimate of drug-likeness (QED) is 0.199. The van der Waals surface area contributed by atoms with E-state index in [2.05, 4.69) is 33.8 Å². The summed E-state index contributed by atoms with van der Waals surface area (Å²) < 4.78 is 33.0. The SMILES string of the molecule is CC(=CCCCC(c1ccccc1)S(=O)(=O)O)CCCC(C)CCCC(C)C. The average molecular weight is 409 g/mol. The van der Waals surface area contributed by atoms with Gasteiger partial charge in [-0.3, -0.25) is 4.55 Å². The summed E-state index contributed by atoms with van der Waals surface area (Å²) in [5.74, 6) is 1.60. The largest absolute Gasteiger partial charge is 0.285 e. The second-order valence-electron chi connectivity index (χ2n) is 8.72. The zero-order valence-corrected chi connectivity index (χ0v) is 19.0. The van der Waals surface area contributed by atoms with Gasteiger partial charge >= 0.3 is 0 Å². The number of hydrogen-bond acceptors (Lipinski definition) is 2. The molecule has 0 aromatic heterocycles. The standard InChI is InChI=1S/C24H40O3S/c1-20(2)12-10-14-22(4)16-11-15-21(3)13-8-9-19-24(28(25,26)27)23-17-6-5-7-18-23/h5-7,13,17-18,20,22,24H,8-12,14-16,19H2,1-4H3,(H,25,26,27). The lowest BCUT2D eigenvalue weighted by molar-refractivity contribution is 0.427. The third-order valence-electron chi connectivity index (χ3n) is 5.44. The lowest BCUT2D eigenvalue weighted by atomic mass is 9.94. The van der Waals surface area contributed by atoms with E-state index in [1.165, 1.54) is 37.7 Å². The zero-order valence-electron chi connectivity index (χ0n) is 18.2. The van der Waals surface area contributed by atoms with Crippen LogP contribution < -0.4 is 0 Å². The van der Waals surface area contributed by atoms with E-state index in [1.807, 2.05) is 6.07 Å². The second-order valence-corrected chi connectivity index (χ2v) is 10.3. The Hall–Kier alpha value is -1.13. The maximum absolute atomic E-state index is 11.7. The highest BCUT2D eigenvalue weighted by atomic mass is 32.2. The molecule has 0 spiro atoms. The molecule has 0 fully saturated rings. The molecule has 160 valence electrons. The maximum Gasteiger partial charge on any atom is 0.271 e. The monoisotopic (exact) mass is 408 g/mol. The lowest BCUT2D eigenvalue weighted by Gasteiger charge is -2.14. The summed E-state index contributed by atoms with van der Waals surface area (Å²) in [6, 6.07) is 8.99. The minimum absolute atomic E-state index is 0.444. The van der Waals surface area contributed by atoms with Crippen LogP contribution in [0.15, 0.2) is 42.0 Å². The second kappa shape index (κ2) is 13.2. The number of allylic oxidation sites excluding steroid dienone is 2. The van der Waals surface area contributed by atoms with Crippen LogP contribution in [0.4, 0.5) is 0 Å². The fraction of sp³-hybridized carbons (Fsp3) is 0.667. The van der Waals surface area contributed by atoms with Crippen molar-refractivity contribution in [1.29, 1.82) is 0 Å². The highest BCUT2D eigenvalue weighted by molar-refractivity contribution is 7.86. The number of benzene rings is 1. The van der Waals surface area contributed by atoms with E-state index < -0.39 is 15.4 Å². The first-order valence-electron chi connectivity index (χ1n) is 10.9. The Morgan fingerprint density at radius 1 is 0.964 bits per heavy atom. The zero-order chi connectivity index (χ0) is 21.0. The van der Waals surface area contributed by atoms with Crippen LogP contribution in [-0.2, 0) is 10.1 Å². The van der Waals surface area contributed by atoms with Crippen molar-refractivity contribution in [3.63, 3.8) is 0 Å². The molecule has 1 aromatic rings. The molecule has 1 rings (SSSR count). The molecule has 1 N–H and O–H groups in total.